The van der Waals surface area contributed by atoms with Crippen molar-refractivity contribution in [3.05, 3.63) is 35.2 Å². The zero-order valence-electron chi connectivity index (χ0n) is 11.9. The number of amides is 1. The number of pyridine rings is 1. The fraction of sp³-hybridized carbons (Fsp3) is 0.467. The first kappa shape index (κ1) is 14.4. The summed E-state index contributed by atoms with van der Waals surface area (Å²) in [6.45, 7) is 2.62. The lowest BCUT2D eigenvalue weighted by atomic mass is 9.94. The lowest BCUT2D eigenvalue weighted by Crippen LogP contribution is -2.50. The van der Waals surface area contributed by atoms with Crippen molar-refractivity contribution in [3.63, 3.8) is 0 Å². The number of carbonyl (C=O) groups is 1. The van der Waals surface area contributed by atoms with Crippen molar-refractivity contribution in [2.24, 2.45) is 0 Å². The van der Waals surface area contributed by atoms with Gasteiger partial charge in [-0.2, -0.15) is 0 Å². The van der Waals surface area contributed by atoms with E-state index in [-0.39, 0.29) is 17.7 Å². The first-order chi connectivity index (χ1) is 10.1. The quantitative estimate of drug-likeness (QED) is 0.947. The van der Waals surface area contributed by atoms with E-state index in [1.165, 1.54) is 0 Å². The second kappa shape index (κ2) is 5.31. The Balaban J connectivity index is 2.07. The van der Waals surface area contributed by atoms with Crippen LogP contribution >= 0.6 is 11.6 Å². The van der Waals surface area contributed by atoms with Gasteiger partial charge in [0.25, 0.3) is 5.91 Å². The van der Waals surface area contributed by atoms with Crippen molar-refractivity contribution >= 4 is 23.2 Å². The number of rotatable bonds is 3. The largest absolute Gasteiger partial charge is 0.394 e. The minimum absolute atomic E-state index is 0.0242. The number of fused-ring (bicyclic) bond motifs is 1. The van der Waals surface area contributed by atoms with Crippen molar-refractivity contribution in [2.45, 2.75) is 31.7 Å². The number of aromatic nitrogens is 2. The number of aliphatic hydroxyl groups is 1. The molecule has 3 rings (SSSR count). The van der Waals surface area contributed by atoms with Crippen LogP contribution in [-0.2, 0) is 0 Å². The van der Waals surface area contributed by atoms with Crippen LogP contribution in [-0.4, -0.2) is 44.0 Å². The SMILES string of the molecule is CC[C@]1(CO)CCCN1C(=O)c1c(Cl)nc2ccccn12. The molecule has 0 radical (unpaired) electrons. The van der Waals surface area contributed by atoms with Crippen molar-refractivity contribution in [1.29, 1.82) is 0 Å². The van der Waals surface area contributed by atoms with Gasteiger partial charge in [0.2, 0.25) is 0 Å². The molecule has 0 spiro atoms. The highest BCUT2D eigenvalue weighted by Gasteiger charge is 2.43. The summed E-state index contributed by atoms with van der Waals surface area (Å²) in [7, 11) is 0. The summed E-state index contributed by atoms with van der Waals surface area (Å²) in [5.41, 5.74) is 0.552. The molecule has 1 saturated heterocycles. The Labute approximate surface area is 128 Å². The second-order valence-corrected chi connectivity index (χ2v) is 5.83. The second-order valence-electron chi connectivity index (χ2n) is 5.48. The number of carbonyl (C=O) groups excluding carboxylic acids is 1. The number of nitrogens with zero attached hydrogens (tertiary/aromatic N) is 3. The third-order valence-electron chi connectivity index (χ3n) is 4.48. The van der Waals surface area contributed by atoms with E-state index in [9.17, 15) is 9.90 Å². The zero-order chi connectivity index (χ0) is 15.0. The highest BCUT2D eigenvalue weighted by atomic mass is 35.5. The number of halogens is 1. The highest BCUT2D eigenvalue weighted by molar-refractivity contribution is 6.32. The van der Waals surface area contributed by atoms with Gasteiger partial charge in [-0.1, -0.05) is 24.6 Å². The molecule has 1 aliphatic rings. The van der Waals surface area contributed by atoms with Gasteiger partial charge in [0.1, 0.15) is 5.65 Å². The number of likely N-dealkylation sites (tertiary alicyclic amines) is 1. The first-order valence-corrected chi connectivity index (χ1v) is 7.56. The molecular formula is C15H18ClN3O2. The molecule has 1 amide bonds. The molecule has 0 aliphatic carbocycles. The zero-order valence-corrected chi connectivity index (χ0v) is 12.7. The predicted molar refractivity (Wildman–Crippen MR) is 80.6 cm³/mol. The molecule has 1 fully saturated rings. The summed E-state index contributed by atoms with van der Waals surface area (Å²) in [4.78, 5) is 18.9. The van der Waals surface area contributed by atoms with E-state index < -0.39 is 5.54 Å². The highest BCUT2D eigenvalue weighted by Crippen LogP contribution is 2.34. The van der Waals surface area contributed by atoms with E-state index in [2.05, 4.69) is 4.98 Å². The van der Waals surface area contributed by atoms with Crippen LogP contribution in [0.3, 0.4) is 0 Å². The fourth-order valence-corrected chi connectivity index (χ4v) is 3.44. The summed E-state index contributed by atoms with van der Waals surface area (Å²) in [5, 5.41) is 9.98. The molecule has 0 aromatic carbocycles. The van der Waals surface area contributed by atoms with E-state index in [0.717, 1.165) is 19.3 Å². The molecule has 0 bridgehead atoms. The van der Waals surface area contributed by atoms with E-state index in [0.29, 0.717) is 17.9 Å². The van der Waals surface area contributed by atoms with Crippen molar-refractivity contribution in [3.8, 4) is 0 Å². The number of aliphatic hydroxyl groups excluding tert-OH is 1. The Bertz CT molecular complexity index is 679. The molecule has 1 N–H and O–H groups in total. The van der Waals surface area contributed by atoms with Crippen LogP contribution in [0, 0.1) is 0 Å². The molecule has 5 nitrogen and oxygen atoms in total. The minimum Gasteiger partial charge on any atom is -0.394 e. The van der Waals surface area contributed by atoms with Crippen molar-refractivity contribution in [1.82, 2.24) is 14.3 Å². The summed E-state index contributed by atoms with van der Waals surface area (Å²) >= 11 is 6.18. The smallest absolute Gasteiger partial charge is 0.274 e. The standard InChI is InChI=1S/C15H18ClN3O2/c1-2-15(10-20)7-5-9-19(15)14(21)12-13(16)17-11-6-3-4-8-18(11)12/h3-4,6,8,20H,2,5,7,9-10H2,1H3/t15-/m1/s1. The molecule has 1 aliphatic heterocycles. The summed E-state index contributed by atoms with van der Waals surface area (Å²) < 4.78 is 1.71. The van der Waals surface area contributed by atoms with E-state index >= 15 is 0 Å². The number of hydrogen-bond acceptors (Lipinski definition) is 3. The van der Waals surface area contributed by atoms with Gasteiger partial charge in [-0.15, -0.1) is 0 Å². The van der Waals surface area contributed by atoms with E-state index in [1.807, 2.05) is 25.1 Å². The molecule has 0 unspecified atom stereocenters. The van der Waals surface area contributed by atoms with Gasteiger partial charge in [0.15, 0.2) is 10.8 Å². The Kier molecular flexibility index (Phi) is 3.63. The van der Waals surface area contributed by atoms with Crippen LogP contribution in [0.5, 0.6) is 0 Å². The van der Waals surface area contributed by atoms with E-state index in [1.54, 1.807) is 15.5 Å². The maximum absolute atomic E-state index is 12.9. The topological polar surface area (TPSA) is 57.8 Å². The summed E-state index contributed by atoms with van der Waals surface area (Å²) in [6, 6.07) is 5.50. The molecular weight excluding hydrogens is 290 g/mol. The molecule has 6 heteroatoms. The van der Waals surface area contributed by atoms with Gasteiger partial charge in [0, 0.05) is 12.7 Å². The van der Waals surface area contributed by atoms with Crippen LogP contribution < -0.4 is 0 Å². The van der Waals surface area contributed by atoms with Gasteiger partial charge in [-0.25, -0.2) is 4.98 Å². The van der Waals surface area contributed by atoms with Crippen LogP contribution in [0.15, 0.2) is 24.4 Å². The summed E-state index contributed by atoms with van der Waals surface area (Å²) in [6.07, 6.45) is 4.22. The van der Waals surface area contributed by atoms with Crippen molar-refractivity contribution < 1.29 is 9.90 Å². The lowest BCUT2D eigenvalue weighted by molar-refractivity contribution is 0.0391. The van der Waals surface area contributed by atoms with Crippen LogP contribution in [0.25, 0.3) is 5.65 Å². The minimum atomic E-state index is -0.473. The van der Waals surface area contributed by atoms with E-state index in [4.69, 9.17) is 11.6 Å². The fourth-order valence-electron chi connectivity index (χ4n) is 3.19. The van der Waals surface area contributed by atoms with Gasteiger partial charge in [-0.3, -0.25) is 9.20 Å². The van der Waals surface area contributed by atoms with Gasteiger partial charge < -0.3 is 10.0 Å². The Hall–Kier alpha value is -1.59. The molecule has 1 atom stereocenters. The molecule has 2 aromatic rings. The summed E-state index contributed by atoms with van der Waals surface area (Å²) in [5.74, 6) is -0.160. The molecule has 0 saturated carbocycles. The molecule has 3 heterocycles. The van der Waals surface area contributed by atoms with Gasteiger partial charge >= 0.3 is 0 Å². The normalized spacial score (nSPS) is 22.1. The van der Waals surface area contributed by atoms with Gasteiger partial charge in [0.05, 0.1) is 12.1 Å². The molecule has 21 heavy (non-hydrogen) atoms. The molecule has 112 valence electrons. The Morgan fingerprint density at radius 3 is 3.05 bits per heavy atom. The third-order valence-corrected chi connectivity index (χ3v) is 4.75. The Morgan fingerprint density at radius 2 is 2.33 bits per heavy atom. The number of imidazole rings is 1. The number of hydrogen-bond donors (Lipinski definition) is 1. The van der Waals surface area contributed by atoms with Crippen molar-refractivity contribution in [2.75, 3.05) is 13.2 Å². The monoisotopic (exact) mass is 307 g/mol. The predicted octanol–water partition coefficient (Wildman–Crippen LogP) is 2.36. The maximum atomic E-state index is 12.9. The third kappa shape index (κ3) is 2.12. The van der Waals surface area contributed by atoms with Crippen LogP contribution in [0.4, 0.5) is 0 Å². The molecule has 2 aromatic heterocycles. The van der Waals surface area contributed by atoms with Gasteiger partial charge in [-0.05, 0) is 31.4 Å². The van der Waals surface area contributed by atoms with Crippen LogP contribution in [0.1, 0.15) is 36.7 Å². The lowest BCUT2D eigenvalue weighted by Gasteiger charge is -2.36. The first-order valence-electron chi connectivity index (χ1n) is 7.18. The van der Waals surface area contributed by atoms with Crippen LogP contribution in [0.2, 0.25) is 5.15 Å². The average Bonchev–Trinajstić information content (AvgIpc) is 3.07. The Morgan fingerprint density at radius 1 is 1.52 bits per heavy atom. The maximum Gasteiger partial charge on any atom is 0.274 e. The average molecular weight is 308 g/mol.